The molecule has 0 aliphatic rings. The highest BCUT2D eigenvalue weighted by Gasteiger charge is 2.33. The number of carbonyl (C=O) groups is 2. The fourth-order valence-corrected chi connectivity index (χ4v) is 5.42. The summed E-state index contributed by atoms with van der Waals surface area (Å²) in [5.74, 6) is -1.49. The number of nitrogens with one attached hydrogen (secondary N) is 1. The van der Waals surface area contributed by atoms with E-state index in [-0.39, 0.29) is 29.7 Å². The minimum atomic E-state index is -3.98. The normalized spacial score (nSPS) is 12.2. The first kappa shape index (κ1) is 30.4. The Balaban J connectivity index is 2.07. The minimum absolute atomic E-state index is 0.0456. The summed E-state index contributed by atoms with van der Waals surface area (Å²) in [6.45, 7) is 2.92. The first-order chi connectivity index (χ1) is 18.3. The maximum atomic E-state index is 13.9. The standard InChI is InChI=1S/C28H30Cl2FN3O4S/c1-19(2)32-28(36)26(15-20-7-5-4-6-8-20)33(17-21-9-12-23(31)13-10-21)27(35)18-34(39(3,37)38)25-14-11-22(29)16-24(25)30/h4-14,16,19,26H,15,17-18H2,1-3H3,(H,32,36). The lowest BCUT2D eigenvalue weighted by atomic mass is 10.0. The zero-order chi connectivity index (χ0) is 28.7. The molecular formula is C28H30Cl2FN3O4S. The van der Waals surface area contributed by atoms with Crippen molar-refractivity contribution >= 4 is 50.7 Å². The van der Waals surface area contributed by atoms with Crippen LogP contribution < -0.4 is 9.62 Å². The third kappa shape index (κ3) is 8.68. The average Bonchev–Trinajstić information content (AvgIpc) is 2.85. The zero-order valence-corrected chi connectivity index (χ0v) is 24.1. The van der Waals surface area contributed by atoms with Crippen LogP contribution >= 0.6 is 23.2 Å². The topological polar surface area (TPSA) is 86.8 Å². The van der Waals surface area contributed by atoms with Crippen molar-refractivity contribution in [3.63, 3.8) is 0 Å². The molecule has 0 spiro atoms. The summed E-state index contributed by atoms with van der Waals surface area (Å²) in [6.07, 6.45) is 1.13. The smallest absolute Gasteiger partial charge is 0.244 e. The third-order valence-electron chi connectivity index (χ3n) is 5.83. The van der Waals surface area contributed by atoms with Gasteiger partial charge >= 0.3 is 0 Å². The highest BCUT2D eigenvalue weighted by Crippen LogP contribution is 2.30. The molecule has 0 aromatic heterocycles. The molecule has 2 amide bonds. The summed E-state index contributed by atoms with van der Waals surface area (Å²) in [7, 11) is -3.98. The third-order valence-corrected chi connectivity index (χ3v) is 7.49. The summed E-state index contributed by atoms with van der Waals surface area (Å²) >= 11 is 12.3. The van der Waals surface area contributed by atoms with Crippen LogP contribution in [0.4, 0.5) is 10.1 Å². The molecule has 0 heterocycles. The predicted octanol–water partition coefficient (Wildman–Crippen LogP) is 5.06. The van der Waals surface area contributed by atoms with Crippen LogP contribution in [0.1, 0.15) is 25.0 Å². The lowest BCUT2D eigenvalue weighted by Gasteiger charge is -2.34. The van der Waals surface area contributed by atoms with E-state index in [1.165, 1.54) is 47.4 Å². The molecule has 0 aliphatic heterocycles. The van der Waals surface area contributed by atoms with E-state index in [1.807, 2.05) is 30.3 Å². The van der Waals surface area contributed by atoms with Gasteiger partial charge in [-0.3, -0.25) is 13.9 Å². The van der Waals surface area contributed by atoms with Gasteiger partial charge in [-0.15, -0.1) is 0 Å². The first-order valence-electron chi connectivity index (χ1n) is 12.2. The summed E-state index contributed by atoms with van der Waals surface area (Å²) < 4.78 is 40.1. The van der Waals surface area contributed by atoms with Gasteiger partial charge < -0.3 is 10.2 Å². The molecule has 0 fully saturated rings. The van der Waals surface area contributed by atoms with Crippen molar-refractivity contribution in [3.05, 3.63) is 99.8 Å². The molecule has 1 N–H and O–H groups in total. The lowest BCUT2D eigenvalue weighted by Crippen LogP contribution is -2.54. The Bertz CT molecular complexity index is 1400. The number of halogens is 3. The van der Waals surface area contributed by atoms with Crippen molar-refractivity contribution < 1.29 is 22.4 Å². The SMILES string of the molecule is CC(C)NC(=O)C(Cc1ccccc1)N(Cc1ccc(F)cc1)C(=O)CN(c1ccc(Cl)cc1Cl)S(C)(=O)=O. The molecule has 39 heavy (non-hydrogen) atoms. The fourth-order valence-electron chi connectivity index (χ4n) is 4.00. The molecule has 7 nitrogen and oxygen atoms in total. The molecule has 0 aliphatic carbocycles. The monoisotopic (exact) mass is 593 g/mol. The van der Waals surface area contributed by atoms with Crippen LogP contribution in [0.5, 0.6) is 0 Å². The number of amides is 2. The zero-order valence-electron chi connectivity index (χ0n) is 21.8. The number of carbonyl (C=O) groups excluding carboxylic acids is 2. The Kier molecular flexibility index (Phi) is 10.4. The van der Waals surface area contributed by atoms with E-state index in [9.17, 15) is 22.4 Å². The van der Waals surface area contributed by atoms with Crippen LogP contribution in [0.25, 0.3) is 0 Å². The number of benzene rings is 3. The average molecular weight is 595 g/mol. The van der Waals surface area contributed by atoms with E-state index in [4.69, 9.17) is 23.2 Å². The van der Waals surface area contributed by atoms with Gasteiger partial charge in [0.2, 0.25) is 21.8 Å². The fraction of sp³-hybridized carbons (Fsp3) is 0.286. The largest absolute Gasteiger partial charge is 0.352 e. The number of sulfonamides is 1. The van der Waals surface area contributed by atoms with Crippen molar-refractivity contribution in [3.8, 4) is 0 Å². The molecule has 3 aromatic rings. The maximum absolute atomic E-state index is 13.9. The van der Waals surface area contributed by atoms with Crippen molar-refractivity contribution in [1.29, 1.82) is 0 Å². The van der Waals surface area contributed by atoms with Crippen LogP contribution in [0.3, 0.4) is 0 Å². The lowest BCUT2D eigenvalue weighted by molar-refractivity contribution is -0.140. The van der Waals surface area contributed by atoms with Crippen molar-refractivity contribution in [1.82, 2.24) is 10.2 Å². The molecule has 3 rings (SSSR count). The highest BCUT2D eigenvalue weighted by atomic mass is 35.5. The maximum Gasteiger partial charge on any atom is 0.244 e. The van der Waals surface area contributed by atoms with Gasteiger partial charge in [-0.2, -0.15) is 0 Å². The predicted molar refractivity (Wildman–Crippen MR) is 153 cm³/mol. The molecule has 1 atom stereocenters. The number of rotatable bonds is 11. The Morgan fingerprint density at radius 2 is 1.59 bits per heavy atom. The number of hydrogen-bond donors (Lipinski definition) is 1. The Morgan fingerprint density at radius 1 is 0.949 bits per heavy atom. The molecule has 0 bridgehead atoms. The number of nitrogens with zero attached hydrogens (tertiary/aromatic N) is 2. The van der Waals surface area contributed by atoms with E-state index in [1.54, 1.807) is 13.8 Å². The first-order valence-corrected chi connectivity index (χ1v) is 14.8. The number of hydrogen-bond acceptors (Lipinski definition) is 4. The van der Waals surface area contributed by atoms with E-state index in [0.717, 1.165) is 16.1 Å². The van der Waals surface area contributed by atoms with Gasteiger partial charge in [0.1, 0.15) is 18.4 Å². The van der Waals surface area contributed by atoms with Crippen LogP contribution in [0.2, 0.25) is 10.0 Å². The van der Waals surface area contributed by atoms with Gasteiger partial charge in [-0.05, 0) is 55.3 Å². The van der Waals surface area contributed by atoms with E-state index in [2.05, 4.69) is 5.32 Å². The van der Waals surface area contributed by atoms with Crippen molar-refractivity contribution in [2.75, 3.05) is 17.1 Å². The molecule has 3 aromatic carbocycles. The highest BCUT2D eigenvalue weighted by molar-refractivity contribution is 7.92. The second-order valence-corrected chi connectivity index (χ2v) is 12.1. The van der Waals surface area contributed by atoms with Crippen LogP contribution in [0.15, 0.2) is 72.8 Å². The Morgan fingerprint density at radius 3 is 2.15 bits per heavy atom. The van der Waals surface area contributed by atoms with Gasteiger partial charge in [0.05, 0.1) is 17.0 Å². The van der Waals surface area contributed by atoms with Crippen molar-refractivity contribution in [2.45, 2.75) is 38.9 Å². The molecule has 1 unspecified atom stereocenters. The summed E-state index contributed by atoms with van der Waals surface area (Å²) in [4.78, 5) is 28.7. The summed E-state index contributed by atoms with van der Waals surface area (Å²) in [5.41, 5.74) is 1.44. The molecule has 0 radical (unpaired) electrons. The molecule has 0 saturated heterocycles. The van der Waals surface area contributed by atoms with Crippen LogP contribution in [-0.4, -0.2) is 50.0 Å². The second kappa shape index (κ2) is 13.3. The second-order valence-electron chi connectivity index (χ2n) is 9.38. The molecule has 208 valence electrons. The van der Waals surface area contributed by atoms with E-state index in [0.29, 0.717) is 10.6 Å². The Labute approximate surface area is 238 Å². The summed E-state index contributed by atoms with van der Waals surface area (Å²) in [6, 6.07) is 17.8. The molecule has 0 saturated carbocycles. The van der Waals surface area contributed by atoms with Gasteiger partial charge in [0.15, 0.2) is 0 Å². The van der Waals surface area contributed by atoms with Crippen molar-refractivity contribution in [2.24, 2.45) is 0 Å². The van der Waals surface area contributed by atoms with Crippen LogP contribution in [0, 0.1) is 5.82 Å². The molecule has 11 heteroatoms. The van der Waals surface area contributed by atoms with Gasteiger partial charge in [-0.1, -0.05) is 65.7 Å². The van der Waals surface area contributed by atoms with E-state index >= 15 is 0 Å². The van der Waals surface area contributed by atoms with E-state index < -0.39 is 40.2 Å². The summed E-state index contributed by atoms with van der Waals surface area (Å²) in [5, 5.41) is 3.21. The minimum Gasteiger partial charge on any atom is -0.352 e. The van der Waals surface area contributed by atoms with Gasteiger partial charge in [0.25, 0.3) is 0 Å². The van der Waals surface area contributed by atoms with Gasteiger partial charge in [-0.25, -0.2) is 12.8 Å². The molecular weight excluding hydrogens is 564 g/mol. The van der Waals surface area contributed by atoms with Crippen LogP contribution in [-0.2, 0) is 32.6 Å². The quantitative estimate of drug-likeness (QED) is 0.336. The van der Waals surface area contributed by atoms with Gasteiger partial charge in [0, 0.05) is 24.0 Å². The number of anilines is 1. The Hall–Kier alpha value is -3.14.